The number of rotatable bonds is 4. The normalized spacial score (nSPS) is 15.7. The molecule has 2 amide bonds. The van der Waals surface area contributed by atoms with Gasteiger partial charge >= 0.3 is 5.97 Å². The van der Waals surface area contributed by atoms with Gasteiger partial charge in [0.2, 0.25) is 17.8 Å². The van der Waals surface area contributed by atoms with Crippen molar-refractivity contribution in [2.24, 2.45) is 0 Å². The van der Waals surface area contributed by atoms with Gasteiger partial charge in [0.15, 0.2) is 5.82 Å². The number of benzene rings is 1. The molecule has 0 fully saturated rings. The van der Waals surface area contributed by atoms with E-state index in [1.54, 1.807) is 10.6 Å². The maximum atomic E-state index is 12.9. The van der Waals surface area contributed by atoms with Crippen LogP contribution in [0.4, 0.5) is 11.6 Å². The minimum atomic E-state index is -1.09. The number of carbonyl (C=O) groups excluding carboxylic acids is 2. The van der Waals surface area contributed by atoms with Crippen molar-refractivity contribution in [2.75, 3.05) is 10.6 Å². The number of thiophene rings is 1. The van der Waals surface area contributed by atoms with Crippen LogP contribution in [-0.4, -0.2) is 37.7 Å². The first-order valence-corrected chi connectivity index (χ1v) is 8.84. The molecule has 0 radical (unpaired) electrons. The second kappa shape index (κ2) is 6.65. The Morgan fingerprint density at radius 1 is 1.26 bits per heavy atom. The molecular formula is C17H13N5O4S. The van der Waals surface area contributed by atoms with Gasteiger partial charge in [-0.05, 0) is 29.6 Å². The van der Waals surface area contributed by atoms with Gasteiger partial charge in [-0.15, -0.1) is 21.5 Å². The summed E-state index contributed by atoms with van der Waals surface area (Å²) in [7, 11) is 0. The Morgan fingerprint density at radius 2 is 2.11 bits per heavy atom. The highest BCUT2D eigenvalue weighted by Gasteiger charge is 2.34. The number of aromatic nitrogens is 3. The number of anilines is 2. The van der Waals surface area contributed by atoms with Crippen molar-refractivity contribution in [3.63, 3.8) is 0 Å². The van der Waals surface area contributed by atoms with E-state index in [0.29, 0.717) is 11.5 Å². The lowest BCUT2D eigenvalue weighted by Gasteiger charge is -2.24. The predicted molar refractivity (Wildman–Crippen MR) is 97.6 cm³/mol. The lowest BCUT2D eigenvalue weighted by Crippen LogP contribution is -2.35. The molecule has 1 aromatic carbocycles. The SMILES string of the molecule is O=C1C[C@@H](C(=O)Nc2cccc(C(=O)O)c2)n2c(nnc2-c2cccs2)N1. The number of hydrogen-bond donors (Lipinski definition) is 3. The monoisotopic (exact) mass is 383 g/mol. The van der Waals surface area contributed by atoms with Gasteiger partial charge in [0.05, 0.1) is 16.9 Å². The first-order chi connectivity index (χ1) is 13.0. The van der Waals surface area contributed by atoms with Gasteiger partial charge in [0.1, 0.15) is 6.04 Å². The van der Waals surface area contributed by atoms with Gasteiger partial charge in [0.25, 0.3) is 0 Å². The Bertz CT molecular complexity index is 1040. The number of hydrogen-bond acceptors (Lipinski definition) is 6. The molecule has 4 rings (SSSR count). The van der Waals surface area contributed by atoms with Crippen LogP contribution in [0.5, 0.6) is 0 Å². The lowest BCUT2D eigenvalue weighted by atomic mass is 10.1. The molecule has 136 valence electrons. The summed E-state index contributed by atoms with van der Waals surface area (Å²) in [5.41, 5.74) is 0.386. The van der Waals surface area contributed by atoms with Crippen LogP contribution < -0.4 is 10.6 Å². The predicted octanol–water partition coefficient (Wildman–Crippen LogP) is 2.23. The Labute approximate surface area is 156 Å². The molecule has 0 spiro atoms. The van der Waals surface area contributed by atoms with Crippen molar-refractivity contribution in [3.05, 3.63) is 47.3 Å². The summed E-state index contributed by atoms with van der Waals surface area (Å²) in [6, 6.07) is 8.76. The number of aromatic carboxylic acids is 1. The van der Waals surface area contributed by atoms with Gasteiger partial charge < -0.3 is 10.4 Å². The summed E-state index contributed by atoms with van der Waals surface area (Å²) in [6.45, 7) is 0. The van der Waals surface area contributed by atoms with Crippen molar-refractivity contribution < 1.29 is 19.5 Å². The molecule has 3 heterocycles. The third-order valence-corrected chi connectivity index (χ3v) is 4.92. The lowest BCUT2D eigenvalue weighted by molar-refractivity contribution is -0.125. The smallest absolute Gasteiger partial charge is 0.335 e. The quantitative estimate of drug-likeness (QED) is 0.634. The number of amides is 2. The first kappa shape index (κ1) is 16.9. The zero-order valence-corrected chi connectivity index (χ0v) is 14.6. The highest BCUT2D eigenvalue weighted by Crippen LogP contribution is 2.33. The molecule has 3 N–H and O–H groups in total. The standard InChI is InChI=1S/C17H13N5O4S/c23-13-8-11(15(24)18-10-4-1-3-9(7-10)16(25)26)22-14(12-5-2-6-27-12)20-21-17(22)19-13/h1-7,11H,8H2,(H,18,24)(H,25,26)(H,19,21,23)/t11-/m0/s1. The number of fused-ring (bicyclic) bond motifs is 1. The maximum Gasteiger partial charge on any atom is 0.335 e. The van der Waals surface area contributed by atoms with Crippen LogP contribution in [0, 0.1) is 0 Å². The van der Waals surface area contributed by atoms with Gasteiger partial charge in [-0.25, -0.2) is 4.79 Å². The van der Waals surface area contributed by atoms with Crippen LogP contribution in [-0.2, 0) is 9.59 Å². The second-order valence-corrected chi connectivity index (χ2v) is 6.79. The number of carbonyl (C=O) groups is 3. The van der Waals surface area contributed by atoms with E-state index in [4.69, 9.17) is 5.11 Å². The Kier molecular flexibility index (Phi) is 4.16. The third kappa shape index (κ3) is 3.17. The molecule has 2 aromatic heterocycles. The zero-order valence-electron chi connectivity index (χ0n) is 13.7. The van der Waals surface area contributed by atoms with E-state index in [2.05, 4.69) is 20.8 Å². The molecule has 0 bridgehead atoms. The van der Waals surface area contributed by atoms with Crippen LogP contribution in [0.1, 0.15) is 22.8 Å². The van der Waals surface area contributed by atoms with Crippen LogP contribution in [0.25, 0.3) is 10.7 Å². The van der Waals surface area contributed by atoms with E-state index in [0.717, 1.165) is 4.88 Å². The summed E-state index contributed by atoms with van der Waals surface area (Å²) in [5.74, 6) is -1.20. The van der Waals surface area contributed by atoms with Crippen molar-refractivity contribution >= 4 is 40.8 Å². The van der Waals surface area contributed by atoms with E-state index in [9.17, 15) is 14.4 Å². The number of carboxylic acid groups (broad SMARTS) is 1. The van der Waals surface area contributed by atoms with Gasteiger partial charge in [-0.3, -0.25) is 19.5 Å². The molecule has 1 atom stereocenters. The summed E-state index contributed by atoms with van der Waals surface area (Å²) in [5, 5.41) is 24.3. The largest absolute Gasteiger partial charge is 0.478 e. The summed E-state index contributed by atoms with van der Waals surface area (Å²) < 4.78 is 1.59. The van der Waals surface area contributed by atoms with Crippen molar-refractivity contribution in [3.8, 4) is 10.7 Å². The topological polar surface area (TPSA) is 126 Å². The third-order valence-electron chi connectivity index (χ3n) is 4.06. The van der Waals surface area contributed by atoms with E-state index in [1.165, 1.54) is 29.5 Å². The molecular weight excluding hydrogens is 370 g/mol. The van der Waals surface area contributed by atoms with Crippen molar-refractivity contribution in [2.45, 2.75) is 12.5 Å². The molecule has 0 saturated heterocycles. The van der Waals surface area contributed by atoms with Crippen LogP contribution in [0.2, 0.25) is 0 Å². The molecule has 1 aliphatic heterocycles. The molecule has 0 unspecified atom stereocenters. The van der Waals surface area contributed by atoms with Crippen LogP contribution in [0.15, 0.2) is 41.8 Å². The summed E-state index contributed by atoms with van der Waals surface area (Å²) in [6.07, 6.45) is -0.0755. The molecule has 0 aliphatic carbocycles. The Morgan fingerprint density at radius 3 is 2.85 bits per heavy atom. The fourth-order valence-corrected chi connectivity index (χ4v) is 3.56. The van der Waals surface area contributed by atoms with Crippen molar-refractivity contribution in [1.82, 2.24) is 14.8 Å². The molecule has 0 saturated carbocycles. The van der Waals surface area contributed by atoms with E-state index in [-0.39, 0.29) is 23.8 Å². The number of carboxylic acids is 1. The van der Waals surface area contributed by atoms with Gasteiger partial charge in [-0.2, -0.15) is 0 Å². The van der Waals surface area contributed by atoms with E-state index >= 15 is 0 Å². The molecule has 9 nitrogen and oxygen atoms in total. The van der Waals surface area contributed by atoms with Gasteiger partial charge in [0, 0.05) is 5.69 Å². The average Bonchev–Trinajstić information content (AvgIpc) is 3.30. The molecule has 3 aromatic rings. The molecule has 10 heteroatoms. The zero-order chi connectivity index (χ0) is 19.0. The highest BCUT2D eigenvalue weighted by atomic mass is 32.1. The number of nitrogens with one attached hydrogen (secondary N) is 2. The van der Waals surface area contributed by atoms with Gasteiger partial charge in [-0.1, -0.05) is 12.1 Å². The second-order valence-electron chi connectivity index (χ2n) is 5.84. The molecule has 27 heavy (non-hydrogen) atoms. The van der Waals surface area contributed by atoms with Crippen LogP contribution >= 0.6 is 11.3 Å². The fourth-order valence-electron chi connectivity index (χ4n) is 2.85. The van der Waals surface area contributed by atoms with E-state index in [1.807, 2.05) is 17.5 Å². The molecule has 1 aliphatic rings. The highest BCUT2D eigenvalue weighted by molar-refractivity contribution is 7.13. The maximum absolute atomic E-state index is 12.9. The Hall–Kier alpha value is -3.53. The van der Waals surface area contributed by atoms with Crippen LogP contribution in [0.3, 0.4) is 0 Å². The summed E-state index contributed by atoms with van der Waals surface area (Å²) in [4.78, 5) is 36.8. The minimum Gasteiger partial charge on any atom is -0.478 e. The van der Waals surface area contributed by atoms with Crippen molar-refractivity contribution in [1.29, 1.82) is 0 Å². The Balaban J connectivity index is 1.67. The number of nitrogens with zero attached hydrogens (tertiary/aromatic N) is 3. The fraction of sp³-hybridized carbons (Fsp3) is 0.118. The summed E-state index contributed by atoms with van der Waals surface area (Å²) >= 11 is 1.44. The first-order valence-electron chi connectivity index (χ1n) is 7.96. The van der Waals surface area contributed by atoms with E-state index < -0.39 is 17.9 Å². The minimum absolute atomic E-state index is 0.0541. The average molecular weight is 383 g/mol.